The summed E-state index contributed by atoms with van der Waals surface area (Å²) in [6.45, 7) is 10.3. The summed E-state index contributed by atoms with van der Waals surface area (Å²) in [6.07, 6.45) is 7.61. The number of carbonyl (C=O) groups excluding carboxylic acids is 1. The highest BCUT2D eigenvalue weighted by molar-refractivity contribution is 7.99. The lowest BCUT2D eigenvalue weighted by Crippen LogP contribution is -2.28. The number of rotatable bonds is 11. The van der Waals surface area contributed by atoms with E-state index in [1.807, 2.05) is 56.5 Å². The molecule has 0 atom stereocenters. The van der Waals surface area contributed by atoms with Crippen LogP contribution in [0.1, 0.15) is 67.7 Å². The van der Waals surface area contributed by atoms with E-state index >= 15 is 0 Å². The number of nitrogens with one attached hydrogen (secondary N) is 3. The molecular formula is C33H43N7O2S. The second-order valence-electron chi connectivity index (χ2n) is 11.7. The number of nitrogens with zero attached hydrogens (tertiary/aromatic N) is 2. The highest BCUT2D eigenvalue weighted by atomic mass is 32.2. The monoisotopic (exact) mass is 601 g/mol. The first-order valence-corrected chi connectivity index (χ1v) is 15.5. The molecule has 1 aromatic heterocycles. The van der Waals surface area contributed by atoms with Crippen LogP contribution in [0.2, 0.25) is 0 Å². The molecule has 43 heavy (non-hydrogen) atoms. The number of methoxy groups -OCH3 is 1. The van der Waals surface area contributed by atoms with Crippen molar-refractivity contribution in [2.24, 2.45) is 11.6 Å². The average Bonchev–Trinajstić information content (AvgIpc) is 3.80. The fourth-order valence-corrected chi connectivity index (χ4v) is 4.93. The zero-order valence-electron chi connectivity index (χ0n) is 26.0. The van der Waals surface area contributed by atoms with E-state index in [-0.39, 0.29) is 11.3 Å². The van der Waals surface area contributed by atoms with Gasteiger partial charge in [0.25, 0.3) is 5.91 Å². The number of hydrazine groups is 1. The molecule has 1 amide bonds. The highest BCUT2D eigenvalue weighted by Crippen LogP contribution is 2.40. The molecule has 9 nitrogen and oxygen atoms in total. The van der Waals surface area contributed by atoms with E-state index in [9.17, 15) is 4.79 Å². The smallest absolute Gasteiger partial charge is 0.255 e. The molecule has 1 aliphatic rings. The number of carbonyl (C=O) groups is 1. The molecule has 0 radical (unpaired) electrons. The first kappa shape index (κ1) is 31.8. The van der Waals surface area contributed by atoms with Gasteiger partial charge in [-0.3, -0.25) is 14.8 Å². The van der Waals surface area contributed by atoms with Crippen LogP contribution in [0.4, 0.5) is 17.1 Å². The van der Waals surface area contributed by atoms with Crippen LogP contribution in [-0.4, -0.2) is 30.3 Å². The van der Waals surface area contributed by atoms with Crippen molar-refractivity contribution in [1.29, 1.82) is 0 Å². The Hall–Kier alpha value is -4.15. The number of anilines is 3. The number of benzene rings is 2. The third-order valence-electron chi connectivity index (χ3n) is 7.30. The van der Waals surface area contributed by atoms with Crippen molar-refractivity contribution < 1.29 is 9.53 Å². The van der Waals surface area contributed by atoms with Gasteiger partial charge in [0.05, 0.1) is 41.3 Å². The first-order valence-electron chi connectivity index (χ1n) is 14.3. The minimum atomic E-state index is -0.284. The molecule has 2 aromatic carbocycles. The van der Waals surface area contributed by atoms with Gasteiger partial charge in [-0.05, 0) is 85.2 Å². The Morgan fingerprint density at radius 3 is 2.47 bits per heavy atom. The largest absolute Gasteiger partial charge is 0.492 e. The van der Waals surface area contributed by atoms with Crippen molar-refractivity contribution in [3.63, 3.8) is 0 Å². The molecule has 3 aromatic rings. The lowest BCUT2D eigenvalue weighted by Gasteiger charge is -2.24. The summed E-state index contributed by atoms with van der Waals surface area (Å²) in [5, 5.41) is 8.08. The van der Waals surface area contributed by atoms with Crippen LogP contribution in [0, 0.1) is 6.92 Å². The van der Waals surface area contributed by atoms with Crippen molar-refractivity contribution in [2.45, 2.75) is 58.9 Å². The number of pyridine rings is 1. The predicted octanol–water partition coefficient (Wildman–Crippen LogP) is 6.30. The average molecular weight is 602 g/mol. The topological polar surface area (TPSA) is 131 Å². The fraction of sp³-hybridized carbons (Fsp3) is 0.333. The van der Waals surface area contributed by atoms with Crippen LogP contribution in [0.25, 0.3) is 5.70 Å². The second kappa shape index (κ2) is 13.4. The van der Waals surface area contributed by atoms with Crippen LogP contribution in [-0.2, 0) is 5.41 Å². The number of aryl methyl sites for hydroxylation is 1. The van der Waals surface area contributed by atoms with Gasteiger partial charge in [0.1, 0.15) is 0 Å². The van der Waals surface area contributed by atoms with Gasteiger partial charge in [-0.25, -0.2) is 5.84 Å². The fourth-order valence-electron chi connectivity index (χ4n) is 4.56. The molecule has 1 saturated carbocycles. The summed E-state index contributed by atoms with van der Waals surface area (Å²) in [5.41, 5.74) is 13.9. The maximum absolute atomic E-state index is 13.6. The minimum absolute atomic E-state index is 0.138. The van der Waals surface area contributed by atoms with E-state index in [0.717, 1.165) is 46.6 Å². The number of allylic oxidation sites excluding steroid dienone is 1. The predicted molar refractivity (Wildman–Crippen MR) is 180 cm³/mol. The zero-order valence-corrected chi connectivity index (χ0v) is 26.9. The molecule has 0 bridgehead atoms. The molecule has 1 fully saturated rings. The number of amides is 1. The molecule has 0 saturated heterocycles. The van der Waals surface area contributed by atoms with Crippen molar-refractivity contribution in [3.05, 3.63) is 94.6 Å². The van der Waals surface area contributed by atoms with Crippen LogP contribution < -0.4 is 36.7 Å². The van der Waals surface area contributed by atoms with Crippen molar-refractivity contribution in [1.82, 2.24) is 10.3 Å². The molecule has 4 rings (SSSR count). The van der Waals surface area contributed by atoms with E-state index in [2.05, 4.69) is 41.1 Å². The van der Waals surface area contributed by atoms with E-state index < -0.39 is 0 Å². The Morgan fingerprint density at radius 2 is 1.86 bits per heavy atom. The summed E-state index contributed by atoms with van der Waals surface area (Å²) >= 11 is 1.46. The van der Waals surface area contributed by atoms with Crippen molar-refractivity contribution in [3.8, 4) is 5.75 Å². The van der Waals surface area contributed by atoms with Gasteiger partial charge in [-0.15, -0.1) is 0 Å². The van der Waals surface area contributed by atoms with Crippen molar-refractivity contribution in [2.75, 3.05) is 28.4 Å². The van der Waals surface area contributed by atoms with Gasteiger partial charge in [-0.2, -0.15) is 0 Å². The molecule has 0 aliphatic heterocycles. The van der Waals surface area contributed by atoms with Gasteiger partial charge >= 0.3 is 0 Å². The molecule has 0 spiro atoms. The maximum Gasteiger partial charge on any atom is 0.255 e. The Labute approximate surface area is 259 Å². The summed E-state index contributed by atoms with van der Waals surface area (Å²) in [7, 11) is 1.59. The quantitative estimate of drug-likeness (QED) is 0.0744. The van der Waals surface area contributed by atoms with Gasteiger partial charge in [0, 0.05) is 30.3 Å². The number of aromatic nitrogens is 1. The zero-order chi connectivity index (χ0) is 31.3. The van der Waals surface area contributed by atoms with Gasteiger partial charge in [0.2, 0.25) is 0 Å². The van der Waals surface area contributed by atoms with Crippen LogP contribution in [0.5, 0.6) is 5.75 Å². The van der Waals surface area contributed by atoms with Gasteiger partial charge in [-0.1, -0.05) is 44.9 Å². The normalized spacial score (nSPS) is 14.1. The number of hydrogen-bond donors (Lipinski definition) is 5. The second-order valence-corrected chi connectivity index (χ2v) is 12.4. The van der Waals surface area contributed by atoms with Gasteiger partial charge < -0.3 is 25.8 Å². The maximum atomic E-state index is 13.6. The van der Waals surface area contributed by atoms with Crippen LogP contribution in [0.3, 0.4) is 0 Å². The first-order chi connectivity index (χ1) is 20.4. The van der Waals surface area contributed by atoms with Crippen LogP contribution in [0.15, 0.2) is 72.2 Å². The van der Waals surface area contributed by atoms with E-state index in [1.54, 1.807) is 31.6 Å². The van der Waals surface area contributed by atoms with Crippen molar-refractivity contribution >= 4 is 40.6 Å². The third-order valence-corrected chi connectivity index (χ3v) is 7.73. The summed E-state index contributed by atoms with van der Waals surface area (Å²) in [5.74, 6) is 6.81. The highest BCUT2D eigenvalue weighted by Gasteiger charge is 2.24. The van der Waals surface area contributed by atoms with E-state index in [1.165, 1.54) is 17.0 Å². The molecule has 228 valence electrons. The molecular weight excluding hydrogens is 558 g/mol. The Balaban J connectivity index is 1.64. The summed E-state index contributed by atoms with van der Waals surface area (Å²) in [4.78, 5) is 18.1. The third kappa shape index (κ3) is 7.82. The van der Waals surface area contributed by atoms with Gasteiger partial charge in [0.15, 0.2) is 5.75 Å². The molecule has 1 aliphatic carbocycles. The lowest BCUT2D eigenvalue weighted by atomic mass is 9.86. The molecule has 1 heterocycles. The van der Waals surface area contributed by atoms with E-state index in [0.29, 0.717) is 34.4 Å². The van der Waals surface area contributed by atoms with E-state index in [4.69, 9.17) is 16.3 Å². The van der Waals surface area contributed by atoms with Crippen LogP contribution >= 0.6 is 11.9 Å². The molecule has 7 N–H and O–H groups in total. The molecule has 10 heteroatoms. The number of hydrogen-bond acceptors (Lipinski definition) is 9. The number of ether oxygens (including phenoxy) is 1. The Kier molecular flexibility index (Phi) is 9.93. The number of nitrogens with two attached hydrogens (primary N) is 2. The Morgan fingerprint density at radius 1 is 1.14 bits per heavy atom. The standard InChI is InChI=1S/C33H43N7O2S/c1-20-11-12-22(32(41)38-27-17-23(33(3,4)5)18-28(39-43-7)31(27)42-6)16-29(20)40(35)19-25(34)21(2)30(37-24-13-14-24)26-10-8-9-15-36-26/h8-12,15-19,24,37,39H,13-14,34-35H2,1-7H3,(H,38,41)/b25-19-,30-21+. The molecule has 0 unspecified atom stereocenters. The summed E-state index contributed by atoms with van der Waals surface area (Å²) < 4.78 is 8.98. The SMILES string of the molecule is COc1c(NSC)cc(C(C)(C)C)cc1NC(=O)c1ccc(C)c(N(N)/C=C(N)/C(C)=C(/NC2CC2)c2ccccn2)c1. The lowest BCUT2D eigenvalue weighted by molar-refractivity contribution is 0.102. The minimum Gasteiger partial charge on any atom is -0.492 e. The summed E-state index contributed by atoms with van der Waals surface area (Å²) in [6, 6.07) is 15.6. The Bertz CT molecular complexity index is 1530.